The van der Waals surface area contributed by atoms with Gasteiger partial charge in [-0.1, -0.05) is 121 Å². The Morgan fingerprint density at radius 3 is 1.42 bits per heavy atom. The summed E-state index contributed by atoms with van der Waals surface area (Å²) in [6.45, 7) is 0. The molecule has 0 saturated heterocycles. The van der Waals surface area contributed by atoms with Crippen LogP contribution in [0.3, 0.4) is 0 Å². The van der Waals surface area contributed by atoms with Crippen molar-refractivity contribution in [1.29, 1.82) is 0 Å². The molecular formula is C48H30N2. The summed E-state index contributed by atoms with van der Waals surface area (Å²) in [5, 5.41) is 10.7. The molecule has 0 radical (unpaired) electrons. The van der Waals surface area contributed by atoms with Gasteiger partial charge >= 0.3 is 0 Å². The van der Waals surface area contributed by atoms with Gasteiger partial charge in [-0.2, -0.15) is 0 Å². The van der Waals surface area contributed by atoms with E-state index in [2.05, 4.69) is 191 Å². The van der Waals surface area contributed by atoms with Crippen LogP contribution in [0.1, 0.15) is 0 Å². The molecule has 1 aliphatic carbocycles. The molecule has 9 aromatic carbocycles. The number of hydrogen-bond donors (Lipinski definition) is 0. The molecule has 0 amide bonds. The smallest absolute Gasteiger partial charge is 0.0548 e. The molecule has 50 heavy (non-hydrogen) atoms. The maximum absolute atomic E-state index is 2.46. The predicted molar refractivity (Wildman–Crippen MR) is 212 cm³/mol. The van der Waals surface area contributed by atoms with Crippen LogP contribution in [-0.2, 0) is 0 Å². The summed E-state index contributed by atoms with van der Waals surface area (Å²) in [5.41, 5.74) is 12.1. The van der Waals surface area contributed by atoms with Gasteiger partial charge in [0.2, 0.25) is 0 Å². The van der Waals surface area contributed by atoms with E-state index in [0.717, 1.165) is 17.1 Å². The Bertz CT molecular complexity index is 2890. The van der Waals surface area contributed by atoms with Gasteiger partial charge in [0.25, 0.3) is 0 Å². The van der Waals surface area contributed by atoms with Crippen LogP contribution in [0.2, 0.25) is 0 Å². The summed E-state index contributed by atoms with van der Waals surface area (Å²) in [6, 6.07) is 66.5. The highest BCUT2D eigenvalue weighted by atomic mass is 15.1. The number of rotatable bonds is 5. The average Bonchev–Trinajstić information content (AvgIpc) is 3.46. The molecule has 2 nitrogen and oxygen atoms in total. The van der Waals surface area contributed by atoms with E-state index in [0.29, 0.717) is 0 Å². The highest BCUT2D eigenvalue weighted by molar-refractivity contribution is 6.38. The Balaban J connectivity index is 1.05. The molecule has 0 saturated carbocycles. The van der Waals surface area contributed by atoms with Gasteiger partial charge in [0.1, 0.15) is 0 Å². The third-order valence-corrected chi connectivity index (χ3v) is 10.7. The molecule has 232 valence electrons. The zero-order valence-electron chi connectivity index (χ0n) is 27.2. The Morgan fingerprint density at radius 2 is 0.780 bits per heavy atom. The van der Waals surface area contributed by atoms with Crippen molar-refractivity contribution in [3.05, 3.63) is 182 Å². The summed E-state index contributed by atoms with van der Waals surface area (Å²) in [4.78, 5) is 2.30. The van der Waals surface area contributed by atoms with E-state index in [4.69, 9.17) is 0 Å². The molecule has 0 unspecified atom stereocenters. The van der Waals surface area contributed by atoms with Crippen LogP contribution in [-0.4, -0.2) is 4.57 Å². The second-order valence-corrected chi connectivity index (χ2v) is 13.3. The fraction of sp³-hybridized carbons (Fsp3) is 0. The molecule has 0 N–H and O–H groups in total. The van der Waals surface area contributed by atoms with Crippen molar-refractivity contribution in [2.75, 3.05) is 4.90 Å². The minimum absolute atomic E-state index is 1.13. The third kappa shape index (κ3) is 3.85. The molecular weight excluding hydrogens is 605 g/mol. The first-order valence-corrected chi connectivity index (χ1v) is 17.3. The van der Waals surface area contributed by atoms with Crippen molar-refractivity contribution in [2.45, 2.75) is 0 Å². The summed E-state index contributed by atoms with van der Waals surface area (Å²) >= 11 is 0. The van der Waals surface area contributed by atoms with Gasteiger partial charge in [-0.3, -0.25) is 0 Å². The van der Waals surface area contributed by atoms with Crippen LogP contribution in [0, 0.1) is 0 Å². The van der Waals surface area contributed by atoms with Crippen molar-refractivity contribution in [3.8, 4) is 27.9 Å². The van der Waals surface area contributed by atoms with Gasteiger partial charge in [-0.25, -0.2) is 0 Å². The van der Waals surface area contributed by atoms with Gasteiger partial charge in [-0.05, 0) is 110 Å². The maximum atomic E-state index is 2.46. The van der Waals surface area contributed by atoms with Crippen LogP contribution >= 0.6 is 0 Å². The standard InChI is InChI=1S/C48H30N2/c1-3-10-36(11-4-1)49(37-12-5-2-6-13-37)38-26-21-31(22-27-38)32-23-28-39(29-24-32)50-42-16-8-15-41-40-14-7-9-33-17-18-34-19-20-35-25-30-43(50)48(47(41)42)46(35)45(34)44(33)40/h1-30H. The van der Waals surface area contributed by atoms with Crippen molar-refractivity contribution in [3.63, 3.8) is 0 Å². The van der Waals surface area contributed by atoms with Crippen molar-refractivity contribution < 1.29 is 0 Å². The number of nitrogens with zero attached hydrogens (tertiary/aromatic N) is 2. The molecule has 0 atom stereocenters. The Labute approximate surface area is 289 Å². The number of anilines is 3. The third-order valence-electron chi connectivity index (χ3n) is 10.7. The second-order valence-electron chi connectivity index (χ2n) is 13.3. The van der Waals surface area contributed by atoms with Crippen LogP contribution in [0.4, 0.5) is 17.1 Å². The number of fused-ring (bicyclic) bond motifs is 1. The van der Waals surface area contributed by atoms with Crippen LogP contribution in [0.25, 0.3) is 82.1 Å². The minimum Gasteiger partial charge on any atom is -0.311 e. The number of benzene rings is 9. The number of aromatic nitrogens is 1. The molecule has 1 aromatic heterocycles. The second kappa shape index (κ2) is 10.4. The summed E-state index contributed by atoms with van der Waals surface area (Å²) in [5.74, 6) is 0. The largest absolute Gasteiger partial charge is 0.311 e. The van der Waals surface area contributed by atoms with E-state index >= 15 is 0 Å². The summed E-state index contributed by atoms with van der Waals surface area (Å²) in [7, 11) is 0. The maximum Gasteiger partial charge on any atom is 0.0548 e. The molecule has 0 spiro atoms. The van der Waals surface area contributed by atoms with Crippen molar-refractivity contribution in [1.82, 2.24) is 4.57 Å². The summed E-state index contributed by atoms with van der Waals surface area (Å²) in [6.07, 6.45) is 0. The van der Waals surface area contributed by atoms with Crippen LogP contribution in [0.5, 0.6) is 0 Å². The molecule has 1 aliphatic rings. The highest BCUT2D eigenvalue weighted by Crippen LogP contribution is 2.49. The molecule has 0 aliphatic heterocycles. The van der Waals surface area contributed by atoms with E-state index in [1.165, 1.54) is 82.1 Å². The van der Waals surface area contributed by atoms with E-state index in [1.807, 2.05) is 0 Å². The fourth-order valence-corrected chi connectivity index (χ4v) is 8.49. The Hall–Kier alpha value is -6.64. The lowest BCUT2D eigenvalue weighted by Crippen LogP contribution is -2.09. The molecule has 1 heterocycles. The summed E-state index contributed by atoms with van der Waals surface area (Å²) < 4.78 is 2.46. The van der Waals surface area contributed by atoms with Gasteiger partial charge in [-0.15, -0.1) is 0 Å². The highest BCUT2D eigenvalue weighted by Gasteiger charge is 2.24. The van der Waals surface area contributed by atoms with E-state index in [9.17, 15) is 0 Å². The quantitative estimate of drug-likeness (QED) is 0.171. The fourth-order valence-electron chi connectivity index (χ4n) is 8.49. The molecule has 0 bridgehead atoms. The predicted octanol–water partition coefficient (Wildman–Crippen LogP) is 13.4. The topological polar surface area (TPSA) is 8.17 Å². The van der Waals surface area contributed by atoms with Gasteiger partial charge in [0, 0.05) is 38.9 Å². The number of para-hydroxylation sites is 2. The molecule has 11 rings (SSSR count). The molecule has 2 heteroatoms. The van der Waals surface area contributed by atoms with E-state index in [-0.39, 0.29) is 0 Å². The number of hydrogen-bond acceptors (Lipinski definition) is 1. The van der Waals surface area contributed by atoms with Crippen LogP contribution < -0.4 is 4.90 Å². The lowest BCUT2D eigenvalue weighted by molar-refractivity contribution is 1.18. The molecule has 0 fully saturated rings. The van der Waals surface area contributed by atoms with Crippen molar-refractivity contribution >= 4 is 71.2 Å². The van der Waals surface area contributed by atoms with Crippen molar-refractivity contribution in [2.24, 2.45) is 0 Å². The average molecular weight is 635 g/mol. The lowest BCUT2D eigenvalue weighted by atomic mass is 9.93. The van der Waals surface area contributed by atoms with E-state index < -0.39 is 0 Å². The Kier molecular flexibility index (Phi) is 5.70. The normalized spacial score (nSPS) is 12.0. The zero-order valence-corrected chi connectivity index (χ0v) is 27.2. The molecule has 10 aromatic rings. The SMILES string of the molecule is c1ccc(N(c2ccccc2)c2ccc(-c3ccc(-n4c5cccc6c5c5c7c(ccc8ccc9cccc-6c9c87)ccc54)cc3)cc2)cc1. The van der Waals surface area contributed by atoms with Gasteiger partial charge < -0.3 is 9.47 Å². The zero-order chi connectivity index (χ0) is 32.8. The Morgan fingerprint density at radius 1 is 0.300 bits per heavy atom. The van der Waals surface area contributed by atoms with E-state index in [1.54, 1.807) is 0 Å². The first-order valence-electron chi connectivity index (χ1n) is 17.3. The first kappa shape index (κ1) is 27.3. The van der Waals surface area contributed by atoms with Crippen LogP contribution in [0.15, 0.2) is 182 Å². The minimum atomic E-state index is 1.13. The van der Waals surface area contributed by atoms with Gasteiger partial charge in [0.15, 0.2) is 0 Å². The first-order chi connectivity index (χ1) is 24.8. The van der Waals surface area contributed by atoms with Gasteiger partial charge in [0.05, 0.1) is 11.0 Å². The lowest BCUT2D eigenvalue weighted by Gasteiger charge is -2.25. The monoisotopic (exact) mass is 634 g/mol.